The summed E-state index contributed by atoms with van der Waals surface area (Å²) in [6, 6.07) is 17.5. The molecule has 0 amide bonds. The fourth-order valence-electron chi connectivity index (χ4n) is 3.95. The van der Waals surface area contributed by atoms with Crippen molar-refractivity contribution in [1.29, 1.82) is 0 Å². The highest BCUT2D eigenvalue weighted by Crippen LogP contribution is 2.41. The molecular formula is C20H21NO. The molecule has 2 aliphatic carbocycles. The fraction of sp³-hybridized carbons (Fsp3) is 0.350. The van der Waals surface area contributed by atoms with E-state index in [0.29, 0.717) is 11.8 Å². The topological polar surface area (TPSA) is 21.6 Å². The summed E-state index contributed by atoms with van der Waals surface area (Å²) in [7, 11) is 1.66. The second-order valence-corrected chi connectivity index (χ2v) is 6.45. The van der Waals surface area contributed by atoms with Crippen LogP contribution < -0.4 is 0 Å². The predicted octanol–water partition coefficient (Wildman–Crippen LogP) is 4.45. The number of hydrogen-bond donors (Lipinski definition) is 0. The Labute approximate surface area is 131 Å². The summed E-state index contributed by atoms with van der Waals surface area (Å²) in [5.74, 6) is 1.25. The number of oxime groups is 1. The molecule has 0 fully saturated rings. The Morgan fingerprint density at radius 1 is 0.909 bits per heavy atom. The highest BCUT2D eigenvalue weighted by atomic mass is 16.6. The van der Waals surface area contributed by atoms with E-state index in [9.17, 15) is 0 Å². The van der Waals surface area contributed by atoms with Gasteiger partial charge in [-0.1, -0.05) is 53.7 Å². The minimum atomic E-state index is 0.625. The number of rotatable bonds is 5. The molecule has 2 aromatic carbocycles. The van der Waals surface area contributed by atoms with Gasteiger partial charge in [0.2, 0.25) is 0 Å². The molecule has 0 N–H and O–H groups in total. The van der Waals surface area contributed by atoms with Gasteiger partial charge in [-0.3, -0.25) is 0 Å². The van der Waals surface area contributed by atoms with Gasteiger partial charge in [0.05, 0.1) is 5.71 Å². The van der Waals surface area contributed by atoms with Gasteiger partial charge in [0, 0.05) is 0 Å². The molecule has 0 radical (unpaired) electrons. The van der Waals surface area contributed by atoms with E-state index in [0.717, 1.165) is 12.8 Å². The van der Waals surface area contributed by atoms with E-state index >= 15 is 0 Å². The molecule has 0 spiro atoms. The number of fused-ring (bicyclic) bond motifs is 2. The fourth-order valence-corrected chi connectivity index (χ4v) is 3.95. The third-order valence-electron chi connectivity index (χ3n) is 5.11. The van der Waals surface area contributed by atoms with Gasteiger partial charge in [-0.25, -0.2) is 0 Å². The van der Waals surface area contributed by atoms with Crippen LogP contribution in [0.4, 0.5) is 0 Å². The van der Waals surface area contributed by atoms with Crippen molar-refractivity contribution in [3.05, 3.63) is 70.8 Å². The van der Waals surface area contributed by atoms with Crippen LogP contribution in [0.25, 0.3) is 0 Å². The Morgan fingerprint density at radius 3 is 1.86 bits per heavy atom. The minimum absolute atomic E-state index is 0.625. The first-order chi connectivity index (χ1) is 10.8. The molecule has 0 aromatic heterocycles. The second kappa shape index (κ2) is 5.60. The average molecular weight is 291 g/mol. The van der Waals surface area contributed by atoms with Gasteiger partial charge in [0.15, 0.2) is 0 Å². The van der Waals surface area contributed by atoms with Crippen LogP contribution in [0.2, 0.25) is 0 Å². The van der Waals surface area contributed by atoms with E-state index < -0.39 is 0 Å². The summed E-state index contributed by atoms with van der Waals surface area (Å²) in [6.07, 6.45) is 4.42. The van der Waals surface area contributed by atoms with Gasteiger partial charge in [-0.05, 0) is 59.8 Å². The van der Waals surface area contributed by atoms with Crippen molar-refractivity contribution < 1.29 is 4.84 Å². The van der Waals surface area contributed by atoms with E-state index in [1.165, 1.54) is 40.8 Å². The largest absolute Gasteiger partial charge is 0.399 e. The standard InChI is InChI=1S/C20H21NO/c1-22-21-18(12-16-10-14-6-2-4-8-19(14)16)13-17-11-15-7-3-5-9-20(15)17/h2-9,16-17H,10-13H2,1H3. The van der Waals surface area contributed by atoms with Gasteiger partial charge in [-0.15, -0.1) is 0 Å². The van der Waals surface area contributed by atoms with Gasteiger partial charge < -0.3 is 4.84 Å². The van der Waals surface area contributed by atoms with E-state index in [4.69, 9.17) is 4.84 Å². The second-order valence-electron chi connectivity index (χ2n) is 6.45. The number of benzene rings is 2. The van der Waals surface area contributed by atoms with Crippen LogP contribution in [0.5, 0.6) is 0 Å². The van der Waals surface area contributed by atoms with Gasteiger partial charge in [0.25, 0.3) is 0 Å². The molecule has 0 saturated heterocycles. The SMILES string of the molecule is CON=C(CC1Cc2ccccc21)CC1Cc2ccccc21. The molecule has 2 aliphatic rings. The third-order valence-corrected chi connectivity index (χ3v) is 5.11. The quantitative estimate of drug-likeness (QED) is 0.589. The van der Waals surface area contributed by atoms with Crippen LogP contribution in [-0.4, -0.2) is 12.8 Å². The van der Waals surface area contributed by atoms with E-state index in [-0.39, 0.29) is 0 Å². The predicted molar refractivity (Wildman–Crippen MR) is 89.5 cm³/mol. The lowest BCUT2D eigenvalue weighted by atomic mass is 9.71. The average Bonchev–Trinajstić information content (AvgIpc) is 2.50. The first-order valence-corrected chi connectivity index (χ1v) is 8.09. The summed E-state index contributed by atoms with van der Waals surface area (Å²) in [5, 5.41) is 4.33. The highest BCUT2D eigenvalue weighted by molar-refractivity contribution is 5.86. The zero-order chi connectivity index (χ0) is 14.9. The Balaban J connectivity index is 1.44. The minimum Gasteiger partial charge on any atom is -0.399 e. The lowest BCUT2D eigenvalue weighted by Crippen LogP contribution is -2.24. The van der Waals surface area contributed by atoms with Crippen LogP contribution in [0, 0.1) is 0 Å². The summed E-state index contributed by atoms with van der Waals surface area (Å²) < 4.78 is 0. The normalized spacial score (nSPS) is 21.0. The maximum Gasteiger partial charge on any atom is 0.106 e. The van der Waals surface area contributed by atoms with Crippen molar-refractivity contribution in [2.45, 2.75) is 37.5 Å². The van der Waals surface area contributed by atoms with Crippen LogP contribution >= 0.6 is 0 Å². The smallest absolute Gasteiger partial charge is 0.106 e. The number of hydrogen-bond acceptors (Lipinski definition) is 2. The lowest BCUT2D eigenvalue weighted by molar-refractivity contribution is 0.210. The van der Waals surface area contributed by atoms with Crippen LogP contribution in [0.1, 0.15) is 46.9 Å². The van der Waals surface area contributed by atoms with Gasteiger partial charge >= 0.3 is 0 Å². The van der Waals surface area contributed by atoms with E-state index in [1.807, 2.05) is 0 Å². The summed E-state index contributed by atoms with van der Waals surface area (Å²) >= 11 is 0. The maximum absolute atomic E-state index is 5.11. The van der Waals surface area contributed by atoms with E-state index in [2.05, 4.69) is 53.7 Å². The Bertz CT molecular complexity index is 662. The van der Waals surface area contributed by atoms with Crippen LogP contribution in [-0.2, 0) is 17.7 Å². The summed E-state index contributed by atoms with van der Waals surface area (Å²) in [5.41, 5.74) is 7.21. The summed E-state index contributed by atoms with van der Waals surface area (Å²) in [4.78, 5) is 5.11. The molecule has 0 aliphatic heterocycles. The van der Waals surface area contributed by atoms with Gasteiger partial charge in [-0.2, -0.15) is 0 Å². The first-order valence-electron chi connectivity index (χ1n) is 8.09. The molecule has 2 nitrogen and oxygen atoms in total. The van der Waals surface area contributed by atoms with Crippen molar-refractivity contribution >= 4 is 5.71 Å². The Hall–Kier alpha value is -2.09. The van der Waals surface area contributed by atoms with Gasteiger partial charge in [0.1, 0.15) is 7.11 Å². The van der Waals surface area contributed by atoms with Crippen LogP contribution in [0.3, 0.4) is 0 Å². The molecule has 112 valence electrons. The zero-order valence-corrected chi connectivity index (χ0v) is 13.0. The van der Waals surface area contributed by atoms with Crippen molar-refractivity contribution in [2.24, 2.45) is 5.16 Å². The lowest BCUT2D eigenvalue weighted by Gasteiger charge is -2.33. The Kier molecular flexibility index (Phi) is 3.45. The molecular weight excluding hydrogens is 270 g/mol. The van der Waals surface area contributed by atoms with Crippen LogP contribution in [0.15, 0.2) is 53.7 Å². The monoisotopic (exact) mass is 291 g/mol. The molecule has 4 rings (SSSR count). The Morgan fingerprint density at radius 2 is 1.41 bits per heavy atom. The molecule has 2 atom stereocenters. The maximum atomic E-state index is 5.11. The molecule has 22 heavy (non-hydrogen) atoms. The molecule has 0 heterocycles. The molecule has 2 heteroatoms. The molecule has 2 unspecified atom stereocenters. The zero-order valence-electron chi connectivity index (χ0n) is 13.0. The van der Waals surface area contributed by atoms with E-state index in [1.54, 1.807) is 7.11 Å². The first kappa shape index (κ1) is 13.6. The van der Waals surface area contributed by atoms with Crippen molar-refractivity contribution in [2.75, 3.05) is 7.11 Å². The number of nitrogens with zero attached hydrogens (tertiary/aromatic N) is 1. The van der Waals surface area contributed by atoms with Crippen molar-refractivity contribution in [3.63, 3.8) is 0 Å². The molecule has 0 saturated carbocycles. The molecule has 2 aromatic rings. The third kappa shape index (κ3) is 2.33. The van der Waals surface area contributed by atoms with Crippen molar-refractivity contribution in [1.82, 2.24) is 0 Å². The highest BCUT2D eigenvalue weighted by Gasteiger charge is 2.30. The van der Waals surface area contributed by atoms with Crippen molar-refractivity contribution in [3.8, 4) is 0 Å². The molecule has 0 bridgehead atoms. The summed E-state index contributed by atoms with van der Waals surface area (Å²) in [6.45, 7) is 0.